The van der Waals surface area contributed by atoms with Gasteiger partial charge in [0.1, 0.15) is 18.1 Å². The molecule has 2 aromatic carbocycles. The molecule has 0 spiro atoms. The van der Waals surface area contributed by atoms with Crippen LogP contribution >= 0.6 is 23.2 Å². The molecular weight excluding hydrogens is 672 g/mol. The molecule has 252 valence electrons. The van der Waals surface area contributed by atoms with Gasteiger partial charge in [-0.1, -0.05) is 23.2 Å². The maximum atomic E-state index is 12.8. The van der Waals surface area contributed by atoms with Crippen molar-refractivity contribution in [2.45, 2.75) is 49.9 Å². The number of hydrogen-bond acceptors (Lipinski definition) is 9. The third-order valence-electron chi connectivity index (χ3n) is 7.21. The molecule has 2 aromatic rings. The van der Waals surface area contributed by atoms with Crippen molar-refractivity contribution >= 4 is 46.7 Å². The number of alkyl halides is 5. The minimum atomic E-state index is -5.53. The number of aliphatic hydroxyl groups is 1. The number of β-amino-alcohol motifs (C(OH)–C–C–N with tert-alkyl or cyclic N) is 1. The van der Waals surface area contributed by atoms with E-state index in [1.165, 1.54) is 4.90 Å². The number of carbonyl (C=O) groups is 3. The van der Waals surface area contributed by atoms with Crippen molar-refractivity contribution in [3.63, 3.8) is 0 Å². The average molecular weight is 700 g/mol. The van der Waals surface area contributed by atoms with E-state index in [1.54, 1.807) is 29.2 Å². The molecule has 46 heavy (non-hydrogen) atoms. The summed E-state index contributed by atoms with van der Waals surface area (Å²) in [5.74, 6) is -5.83. The molecule has 4 rings (SSSR count). The molecule has 3 N–H and O–H groups in total. The summed E-state index contributed by atoms with van der Waals surface area (Å²) in [4.78, 5) is 38.9. The molecule has 1 amide bonds. The lowest BCUT2D eigenvalue weighted by atomic mass is 10.0. The van der Waals surface area contributed by atoms with E-state index < -0.39 is 55.3 Å². The van der Waals surface area contributed by atoms with E-state index in [9.17, 15) is 46.5 Å². The minimum absolute atomic E-state index is 0.0391. The third-order valence-corrected chi connectivity index (χ3v) is 7.76. The van der Waals surface area contributed by atoms with E-state index in [-0.39, 0.29) is 41.5 Å². The Morgan fingerprint density at radius 2 is 1.67 bits per heavy atom. The van der Waals surface area contributed by atoms with E-state index in [4.69, 9.17) is 32.7 Å². The fourth-order valence-corrected chi connectivity index (χ4v) is 5.34. The Morgan fingerprint density at radius 1 is 1.02 bits per heavy atom. The number of aliphatic hydroxyl groups excluding tert-OH is 1. The Kier molecular flexibility index (Phi) is 11.4. The maximum Gasteiger partial charge on any atom is 0.491 e. The monoisotopic (exact) mass is 699 g/mol. The number of anilines is 1. The van der Waals surface area contributed by atoms with Gasteiger partial charge in [0.25, 0.3) is 12.3 Å². The highest BCUT2D eigenvalue weighted by Crippen LogP contribution is 2.40. The number of carbonyl (C=O) groups excluding carboxylic acids is 2. The Bertz CT molecular complexity index is 1410. The highest BCUT2D eigenvalue weighted by Gasteiger charge is 2.44. The first-order valence-electron chi connectivity index (χ1n) is 13.8. The predicted molar refractivity (Wildman–Crippen MR) is 153 cm³/mol. The summed E-state index contributed by atoms with van der Waals surface area (Å²) in [5.41, 5.74) is 0.406. The van der Waals surface area contributed by atoms with Crippen LogP contribution in [0.1, 0.15) is 23.2 Å². The molecule has 2 aliphatic rings. The van der Waals surface area contributed by atoms with Crippen molar-refractivity contribution in [1.29, 1.82) is 0 Å². The molecule has 2 fully saturated rings. The van der Waals surface area contributed by atoms with Crippen LogP contribution in [0.4, 0.5) is 27.6 Å². The maximum absolute atomic E-state index is 12.8. The van der Waals surface area contributed by atoms with Gasteiger partial charge in [-0.3, -0.25) is 4.79 Å². The van der Waals surface area contributed by atoms with Crippen LogP contribution in [0.2, 0.25) is 10.0 Å². The lowest BCUT2D eigenvalue weighted by Gasteiger charge is -2.34. The fraction of sp³-hybridized carbons (Fsp3) is 0.464. The number of rotatable bonds is 11. The molecular formula is C28H28Cl2F5N3O8. The lowest BCUT2D eigenvalue weighted by molar-refractivity contribution is -0.219. The van der Waals surface area contributed by atoms with Gasteiger partial charge in [-0.2, -0.15) is 13.2 Å². The number of nitrogens with zero attached hydrogens (tertiary/aromatic N) is 2. The average Bonchev–Trinajstić information content (AvgIpc) is 3.35. The molecule has 2 heterocycles. The van der Waals surface area contributed by atoms with Gasteiger partial charge in [0, 0.05) is 54.9 Å². The summed E-state index contributed by atoms with van der Waals surface area (Å²) in [6.07, 6.45) is -11.1. The zero-order valence-electron chi connectivity index (χ0n) is 23.7. The molecule has 0 radical (unpaired) electrons. The summed E-state index contributed by atoms with van der Waals surface area (Å²) in [7, 11) is 0. The van der Waals surface area contributed by atoms with Crippen LogP contribution in [0.3, 0.4) is 0 Å². The molecule has 0 saturated carbocycles. The number of esters is 1. The third kappa shape index (κ3) is 9.02. The molecule has 0 aliphatic carbocycles. The molecule has 3 atom stereocenters. The highest BCUT2D eigenvalue weighted by atomic mass is 35.5. The summed E-state index contributed by atoms with van der Waals surface area (Å²) >= 11 is 12.0. The highest BCUT2D eigenvalue weighted by molar-refractivity contribution is 6.32. The number of carboxylic acid groups (broad SMARTS) is 1. The number of nitrogens with one attached hydrogen (secondary N) is 1. The number of aliphatic carboxylic acids is 1. The van der Waals surface area contributed by atoms with Crippen molar-refractivity contribution in [1.82, 2.24) is 10.2 Å². The van der Waals surface area contributed by atoms with Crippen molar-refractivity contribution in [2.75, 3.05) is 37.7 Å². The predicted octanol–water partition coefficient (Wildman–Crippen LogP) is 3.98. The smallest absolute Gasteiger partial charge is 0.486 e. The first-order valence-corrected chi connectivity index (χ1v) is 14.5. The number of halogens is 7. The Labute approximate surface area is 268 Å². The largest absolute Gasteiger partial charge is 0.491 e. The minimum Gasteiger partial charge on any atom is -0.486 e. The summed E-state index contributed by atoms with van der Waals surface area (Å²) in [6.45, 7) is -0.278. The SMILES string of the molecule is O=C(O)C(OC(=O)C(F)(F)F)Oc1cc(Cl)c(OCC(F)F)cc1N1CC(O)C(NC2CCN(C(=O)c3ccc(Cl)cc3)CC2)C1. The number of likely N-dealkylation sites (tertiary alicyclic amines) is 1. The fourth-order valence-electron chi connectivity index (χ4n) is 5.01. The standard InChI is InChI=1S/C28H28Cl2F5N3O8/c29-15-3-1-14(2-4-15)24(40)37-7-5-16(6-8-37)36-18-11-38(12-20(18)39)19-10-21(44-13-23(31)32)17(30)9-22(19)45-26(25(41)42)46-27(43)28(33,34)35/h1-4,9-10,16,18,20,23,26,36,39H,5-8,11-13H2,(H,41,42). The first kappa shape index (κ1) is 35.3. The number of ether oxygens (including phenoxy) is 3. The number of piperidine rings is 1. The van der Waals surface area contributed by atoms with E-state index in [0.717, 1.165) is 12.1 Å². The molecule has 3 unspecified atom stereocenters. The number of benzene rings is 2. The van der Waals surface area contributed by atoms with Crippen LogP contribution in [0.5, 0.6) is 11.5 Å². The Balaban J connectivity index is 1.48. The van der Waals surface area contributed by atoms with Gasteiger partial charge in [-0.25, -0.2) is 18.4 Å². The first-order chi connectivity index (χ1) is 21.6. The summed E-state index contributed by atoms with van der Waals surface area (Å²) < 4.78 is 78.0. The van der Waals surface area contributed by atoms with Crippen molar-refractivity contribution in [2.24, 2.45) is 0 Å². The molecule has 18 heteroatoms. The van der Waals surface area contributed by atoms with E-state index in [1.807, 2.05) is 0 Å². The normalized spacial score (nSPS) is 19.7. The van der Waals surface area contributed by atoms with Gasteiger partial charge in [0.05, 0.1) is 22.9 Å². The molecule has 0 bridgehead atoms. The number of hydrogen-bond donors (Lipinski definition) is 3. The van der Waals surface area contributed by atoms with Crippen LogP contribution in [0, 0.1) is 0 Å². The van der Waals surface area contributed by atoms with E-state index >= 15 is 0 Å². The second-order valence-electron chi connectivity index (χ2n) is 10.5. The molecule has 11 nitrogen and oxygen atoms in total. The lowest BCUT2D eigenvalue weighted by Crippen LogP contribution is -2.50. The van der Waals surface area contributed by atoms with Gasteiger partial charge < -0.3 is 39.5 Å². The Hall–Kier alpha value is -3.60. The Morgan fingerprint density at radius 3 is 2.26 bits per heavy atom. The molecule has 2 saturated heterocycles. The van der Waals surface area contributed by atoms with Crippen molar-refractivity contribution in [3.05, 3.63) is 52.0 Å². The van der Waals surface area contributed by atoms with Gasteiger partial charge in [0.15, 0.2) is 0 Å². The van der Waals surface area contributed by atoms with Gasteiger partial charge in [0.2, 0.25) is 0 Å². The topological polar surface area (TPSA) is 138 Å². The van der Waals surface area contributed by atoms with Crippen LogP contribution in [0.25, 0.3) is 0 Å². The van der Waals surface area contributed by atoms with Gasteiger partial charge in [-0.05, 0) is 37.1 Å². The number of carboxylic acids is 1. The van der Waals surface area contributed by atoms with Gasteiger partial charge in [-0.15, -0.1) is 0 Å². The number of amides is 1. The van der Waals surface area contributed by atoms with Crippen LogP contribution in [0.15, 0.2) is 36.4 Å². The van der Waals surface area contributed by atoms with E-state index in [2.05, 4.69) is 10.1 Å². The zero-order valence-corrected chi connectivity index (χ0v) is 25.2. The van der Waals surface area contributed by atoms with Crippen LogP contribution < -0.4 is 19.7 Å². The summed E-state index contributed by atoms with van der Waals surface area (Å²) in [6, 6.07) is 7.83. The summed E-state index contributed by atoms with van der Waals surface area (Å²) in [5, 5.41) is 23.7. The van der Waals surface area contributed by atoms with Crippen LogP contribution in [-0.4, -0.2) is 103 Å². The molecule has 0 aromatic heterocycles. The quantitative estimate of drug-likeness (QED) is 0.180. The second kappa shape index (κ2) is 14.9. The molecule has 2 aliphatic heterocycles. The van der Waals surface area contributed by atoms with Crippen molar-refractivity contribution in [3.8, 4) is 11.5 Å². The zero-order chi connectivity index (χ0) is 33.8. The van der Waals surface area contributed by atoms with Crippen molar-refractivity contribution < 1.29 is 60.8 Å². The van der Waals surface area contributed by atoms with E-state index in [0.29, 0.717) is 36.5 Å². The second-order valence-corrected chi connectivity index (χ2v) is 11.3. The van der Waals surface area contributed by atoms with Crippen LogP contribution in [-0.2, 0) is 14.3 Å². The van der Waals surface area contributed by atoms with Gasteiger partial charge >= 0.3 is 24.4 Å².